The summed E-state index contributed by atoms with van der Waals surface area (Å²) in [4.78, 5) is 38.0. The summed E-state index contributed by atoms with van der Waals surface area (Å²) < 4.78 is 35.3. The fraction of sp³-hybridized carbons (Fsp3) is 0.885. The molecule has 192 valence electrons. The van der Waals surface area contributed by atoms with E-state index in [2.05, 4.69) is 20.8 Å². The minimum Gasteiger partial charge on any atom is -0.464 e. The monoisotopic (exact) mass is 496 g/mol. The Kier molecular flexibility index (Phi) is 7.06. The molecule has 0 radical (unpaired) electrons. The van der Waals surface area contributed by atoms with Crippen LogP contribution in [0.15, 0.2) is 0 Å². The Morgan fingerprint density at radius 1 is 1.12 bits per heavy atom. The minimum absolute atomic E-state index is 0.101. The van der Waals surface area contributed by atoms with Crippen LogP contribution >= 0.6 is 0 Å². The Morgan fingerprint density at radius 3 is 2.56 bits per heavy atom. The van der Waals surface area contributed by atoms with Gasteiger partial charge >= 0.3 is 5.97 Å². The van der Waals surface area contributed by atoms with Crippen LogP contribution in [0.25, 0.3) is 0 Å². The van der Waals surface area contributed by atoms with E-state index in [1.165, 1.54) is 0 Å². The zero-order valence-electron chi connectivity index (χ0n) is 20.8. The number of carbonyl (C=O) groups excluding carboxylic acids is 3. The van der Waals surface area contributed by atoms with Crippen molar-refractivity contribution < 1.29 is 32.1 Å². The van der Waals surface area contributed by atoms with Crippen LogP contribution in [0.2, 0.25) is 0 Å². The zero-order chi connectivity index (χ0) is 24.9. The first-order chi connectivity index (χ1) is 15.9. The average molecular weight is 497 g/mol. The summed E-state index contributed by atoms with van der Waals surface area (Å²) >= 11 is 0. The number of ether oxygens (including phenoxy) is 1. The molecular formula is C26H40O7S. The third-order valence-corrected chi connectivity index (χ3v) is 11.2. The second kappa shape index (κ2) is 9.30. The molecule has 4 aliphatic carbocycles. The highest BCUT2D eigenvalue weighted by molar-refractivity contribution is 7.85. The molecule has 0 spiro atoms. The summed E-state index contributed by atoms with van der Waals surface area (Å²) in [5.41, 5.74) is -0.257. The van der Waals surface area contributed by atoms with Crippen molar-refractivity contribution >= 4 is 27.7 Å². The number of ketones is 2. The molecule has 34 heavy (non-hydrogen) atoms. The van der Waals surface area contributed by atoms with Gasteiger partial charge in [-0.2, -0.15) is 8.42 Å². The largest absolute Gasteiger partial charge is 0.464 e. The molecule has 1 N–H and O–H groups in total. The molecule has 0 aromatic carbocycles. The highest BCUT2D eigenvalue weighted by atomic mass is 32.2. The van der Waals surface area contributed by atoms with E-state index in [4.69, 9.17) is 9.29 Å². The van der Waals surface area contributed by atoms with Crippen molar-refractivity contribution in [1.29, 1.82) is 0 Å². The molecule has 8 heteroatoms. The van der Waals surface area contributed by atoms with Crippen molar-refractivity contribution in [3.63, 3.8) is 0 Å². The van der Waals surface area contributed by atoms with Crippen molar-refractivity contribution in [3.05, 3.63) is 0 Å². The molecule has 0 bridgehead atoms. The molecular weight excluding hydrogens is 456 g/mol. The van der Waals surface area contributed by atoms with Gasteiger partial charge in [0.25, 0.3) is 10.1 Å². The first-order valence-corrected chi connectivity index (χ1v) is 14.6. The van der Waals surface area contributed by atoms with Gasteiger partial charge in [0.1, 0.15) is 23.9 Å². The lowest BCUT2D eigenvalue weighted by Gasteiger charge is -2.59. The molecule has 4 aliphatic rings. The summed E-state index contributed by atoms with van der Waals surface area (Å²) in [6.07, 6.45) is 7.94. The SMILES string of the molecule is C[C@H](CCC(=O)OCCS(=O)(=O)O)[C@H]1CCC2[C@@H]3CC[C@@H]4CC(=O)CC[C@]4(C)[C@H]3CC(=O)[C@@]21C. The first kappa shape index (κ1) is 25.8. The van der Waals surface area contributed by atoms with E-state index >= 15 is 0 Å². The molecule has 0 saturated heterocycles. The molecule has 0 heterocycles. The van der Waals surface area contributed by atoms with Crippen LogP contribution in [0, 0.1) is 46.3 Å². The molecule has 0 aromatic rings. The van der Waals surface area contributed by atoms with Gasteiger partial charge in [0, 0.05) is 31.1 Å². The van der Waals surface area contributed by atoms with Crippen LogP contribution in [-0.2, 0) is 29.2 Å². The number of carbonyl (C=O) groups is 3. The van der Waals surface area contributed by atoms with Gasteiger partial charge in [-0.15, -0.1) is 0 Å². The van der Waals surface area contributed by atoms with Crippen molar-refractivity contribution in [3.8, 4) is 0 Å². The molecule has 0 aliphatic heterocycles. The number of hydrogen-bond donors (Lipinski definition) is 1. The molecule has 7 nitrogen and oxygen atoms in total. The molecule has 1 unspecified atom stereocenters. The van der Waals surface area contributed by atoms with E-state index in [0.717, 1.165) is 32.1 Å². The smallest absolute Gasteiger partial charge is 0.305 e. The average Bonchev–Trinajstić information content (AvgIpc) is 3.11. The number of rotatable bonds is 7. The zero-order valence-corrected chi connectivity index (χ0v) is 21.6. The van der Waals surface area contributed by atoms with Crippen molar-refractivity contribution in [1.82, 2.24) is 0 Å². The Bertz CT molecular complexity index is 943. The third-order valence-electron chi connectivity index (χ3n) is 10.5. The van der Waals surface area contributed by atoms with E-state index in [1.807, 2.05) is 0 Å². The summed E-state index contributed by atoms with van der Waals surface area (Å²) in [5, 5.41) is 0. The minimum atomic E-state index is -4.15. The standard InChI is InChI=1S/C26H40O7S/c1-16(4-9-24(29)33-12-13-34(30,31)32)20-7-8-21-19-6-5-17-14-18(27)10-11-25(17,2)22(19)15-23(28)26(20,21)3/h16-17,19-22H,4-15H2,1-3H3,(H,30,31,32)/t16-,17-,19+,20-,21?,22+,25+,26-/m1/s1. The van der Waals surface area contributed by atoms with Gasteiger partial charge in [0.15, 0.2) is 0 Å². The van der Waals surface area contributed by atoms with Gasteiger partial charge in [-0.25, -0.2) is 0 Å². The predicted molar refractivity (Wildman–Crippen MR) is 126 cm³/mol. The highest BCUT2D eigenvalue weighted by Crippen LogP contribution is 2.67. The third kappa shape index (κ3) is 4.61. The lowest BCUT2D eigenvalue weighted by Crippen LogP contribution is -2.57. The fourth-order valence-electron chi connectivity index (χ4n) is 8.57. The maximum Gasteiger partial charge on any atom is 0.305 e. The maximum atomic E-state index is 13.8. The number of Topliss-reactive ketones (excluding diaryl/α,β-unsaturated/α-hetero) is 2. The molecule has 0 amide bonds. The van der Waals surface area contributed by atoms with Crippen LogP contribution in [0.3, 0.4) is 0 Å². The Labute approximate surface area is 203 Å². The summed E-state index contributed by atoms with van der Waals surface area (Å²) in [6, 6.07) is 0. The van der Waals surface area contributed by atoms with E-state index in [1.54, 1.807) is 0 Å². The molecule has 4 saturated carbocycles. The van der Waals surface area contributed by atoms with Gasteiger partial charge in [-0.1, -0.05) is 20.8 Å². The highest BCUT2D eigenvalue weighted by Gasteiger charge is 2.63. The van der Waals surface area contributed by atoms with Crippen molar-refractivity contribution in [2.45, 2.75) is 85.0 Å². The van der Waals surface area contributed by atoms with Crippen LogP contribution in [0.1, 0.15) is 85.0 Å². The van der Waals surface area contributed by atoms with E-state index < -0.39 is 21.8 Å². The van der Waals surface area contributed by atoms with Gasteiger partial charge in [-0.3, -0.25) is 18.9 Å². The van der Waals surface area contributed by atoms with Gasteiger partial charge in [0.05, 0.1) is 0 Å². The predicted octanol–water partition coefficient (Wildman–Crippen LogP) is 4.24. The van der Waals surface area contributed by atoms with E-state index in [9.17, 15) is 22.8 Å². The normalized spacial score (nSPS) is 40.8. The summed E-state index contributed by atoms with van der Waals surface area (Å²) in [6.45, 7) is 6.30. The summed E-state index contributed by atoms with van der Waals surface area (Å²) in [7, 11) is -4.15. The fourth-order valence-corrected chi connectivity index (χ4v) is 8.87. The van der Waals surface area contributed by atoms with Gasteiger partial charge < -0.3 is 4.74 Å². The molecule has 4 rings (SSSR count). The topological polar surface area (TPSA) is 115 Å². The van der Waals surface area contributed by atoms with Crippen LogP contribution in [0.4, 0.5) is 0 Å². The molecule has 4 fully saturated rings. The van der Waals surface area contributed by atoms with Crippen LogP contribution in [0.5, 0.6) is 0 Å². The quantitative estimate of drug-likeness (QED) is 0.414. The molecule has 0 aromatic heterocycles. The first-order valence-electron chi connectivity index (χ1n) is 13.0. The summed E-state index contributed by atoms with van der Waals surface area (Å²) in [5.74, 6) is 1.85. The van der Waals surface area contributed by atoms with Crippen LogP contribution < -0.4 is 0 Å². The maximum absolute atomic E-state index is 13.8. The molecule has 8 atom stereocenters. The van der Waals surface area contributed by atoms with E-state index in [0.29, 0.717) is 60.9 Å². The van der Waals surface area contributed by atoms with E-state index in [-0.39, 0.29) is 35.7 Å². The van der Waals surface area contributed by atoms with Crippen molar-refractivity contribution in [2.75, 3.05) is 12.4 Å². The van der Waals surface area contributed by atoms with Crippen molar-refractivity contribution in [2.24, 2.45) is 46.3 Å². The second-order valence-corrected chi connectivity index (χ2v) is 13.6. The van der Waals surface area contributed by atoms with Crippen LogP contribution in [-0.4, -0.2) is 42.9 Å². The number of esters is 1. The Balaban J connectivity index is 1.41. The second-order valence-electron chi connectivity index (χ2n) is 12.0. The lowest BCUT2D eigenvalue weighted by atomic mass is 9.44. The van der Waals surface area contributed by atoms with Gasteiger partial charge in [0.2, 0.25) is 0 Å². The lowest BCUT2D eigenvalue weighted by molar-refractivity contribution is -0.159. The van der Waals surface area contributed by atoms with Gasteiger partial charge in [-0.05, 0) is 79.4 Å². The Morgan fingerprint density at radius 2 is 1.85 bits per heavy atom. The Hall–Kier alpha value is -1.28. The number of hydrogen-bond acceptors (Lipinski definition) is 6. The number of fused-ring (bicyclic) bond motifs is 5.